The molecule has 3 aliphatic heterocycles. The number of hydrogen-bond acceptors (Lipinski definition) is 16. The Morgan fingerprint density at radius 3 is 1.53 bits per heavy atom. The van der Waals surface area contributed by atoms with Gasteiger partial charge in [-0.2, -0.15) is 0 Å². The summed E-state index contributed by atoms with van der Waals surface area (Å²) in [5.41, 5.74) is -2.93. The molecule has 8 atom stereocenters. The van der Waals surface area contributed by atoms with Crippen LogP contribution in [0.4, 0.5) is 0 Å². The van der Waals surface area contributed by atoms with Crippen LogP contribution in [0.15, 0.2) is 0 Å². The van der Waals surface area contributed by atoms with Crippen molar-refractivity contribution in [3.8, 4) is 0 Å². The summed E-state index contributed by atoms with van der Waals surface area (Å²) in [5.74, 6) is 0. The molecular weight excluding hydrogens is 940 g/mol. The van der Waals surface area contributed by atoms with Crippen LogP contribution in [-0.2, 0) is 28.4 Å². The van der Waals surface area contributed by atoms with Gasteiger partial charge in [-0.3, -0.25) is 19.6 Å². The van der Waals surface area contributed by atoms with Crippen molar-refractivity contribution in [3.63, 3.8) is 0 Å². The molecule has 0 amide bonds. The number of halogens is 1. The van der Waals surface area contributed by atoms with Crippen LogP contribution in [0.3, 0.4) is 0 Å². The summed E-state index contributed by atoms with van der Waals surface area (Å²) >= 11 is 6.78. The van der Waals surface area contributed by atoms with Crippen LogP contribution in [-0.4, -0.2) is 242 Å². The zero-order valence-corrected chi connectivity index (χ0v) is 48.7. The Morgan fingerprint density at radius 2 is 0.986 bits per heavy atom. The van der Waals surface area contributed by atoms with Crippen molar-refractivity contribution in [3.05, 3.63) is 13.3 Å². The standard InChI is InChI=1S/C55H109ClN6O10/c1-16-47(69-40-50(4,5)42(3)67-37-45(65)34-59-22-18-57-19-23-59)32-54(12,13)71-38-44(64)31-53(10,11)62-28-26-60(27-29-62)35-46(66)39-72-55(14,15)33-48(17-2)70-41-51(6,7)49(56)68-36-43(63)30-52(8,9)61-24-20-58-21-25-61/h16,42-49,57-58,63-66H,3,17-41H2,1-2,4-15H3/q+2. The predicted octanol–water partition coefficient (Wildman–Crippen LogP) is 4.82. The number of aliphatic hydroxyl groups is 4. The molecule has 6 N–H and O–H groups in total. The number of nitrogens with zero attached hydrogens (tertiary/aromatic N) is 4. The summed E-state index contributed by atoms with van der Waals surface area (Å²) in [6.45, 7) is 47.2. The number of ether oxygens (including phenoxy) is 6. The molecule has 3 heterocycles. The number of hydrogen-bond donors (Lipinski definition) is 6. The fourth-order valence-corrected chi connectivity index (χ4v) is 10.1. The van der Waals surface area contributed by atoms with E-state index in [1.165, 1.54) is 0 Å². The number of rotatable bonds is 36. The second-order valence-electron chi connectivity index (χ2n) is 25.2. The monoisotopic (exact) mass is 1050 g/mol. The Morgan fingerprint density at radius 1 is 0.542 bits per heavy atom. The van der Waals surface area contributed by atoms with Gasteiger partial charge in [0.05, 0.1) is 101 Å². The van der Waals surface area contributed by atoms with Crippen molar-refractivity contribution in [2.45, 2.75) is 200 Å². The van der Waals surface area contributed by atoms with E-state index in [1.54, 1.807) is 0 Å². The summed E-state index contributed by atoms with van der Waals surface area (Å²) in [6, 6.07) is 0. The molecule has 0 saturated carbocycles. The molecule has 72 heavy (non-hydrogen) atoms. The minimum absolute atomic E-state index is 0.0672. The van der Waals surface area contributed by atoms with Crippen LogP contribution in [0.25, 0.3) is 0 Å². The van der Waals surface area contributed by atoms with Gasteiger partial charge in [-0.05, 0) is 74.7 Å². The van der Waals surface area contributed by atoms with E-state index in [-0.39, 0.29) is 61.2 Å². The second kappa shape index (κ2) is 30.5. The Balaban J connectivity index is 1.33. The highest BCUT2D eigenvalue weighted by atomic mass is 35.5. The van der Waals surface area contributed by atoms with Gasteiger partial charge in [-0.25, -0.2) is 0 Å². The highest BCUT2D eigenvalue weighted by Gasteiger charge is 2.39. The van der Waals surface area contributed by atoms with Gasteiger partial charge in [0.1, 0.15) is 12.0 Å². The van der Waals surface area contributed by atoms with E-state index in [0.29, 0.717) is 52.0 Å². The Bertz CT molecular complexity index is 1460. The van der Waals surface area contributed by atoms with Crippen molar-refractivity contribution in [1.29, 1.82) is 0 Å². The van der Waals surface area contributed by atoms with Crippen molar-refractivity contribution in [2.24, 2.45) is 10.8 Å². The average molecular weight is 1050 g/mol. The lowest BCUT2D eigenvalue weighted by Crippen LogP contribution is -2.56. The fraction of sp³-hybridized carbons (Fsp3) is 0.964. The fourth-order valence-electron chi connectivity index (χ4n) is 10.0. The lowest BCUT2D eigenvalue weighted by molar-refractivity contribution is -0.113. The molecular formula is C55H109ClN6O10+2. The molecule has 17 heteroatoms. The van der Waals surface area contributed by atoms with Gasteiger partial charge < -0.3 is 59.5 Å². The van der Waals surface area contributed by atoms with Gasteiger partial charge in [-0.15, -0.1) is 0 Å². The van der Waals surface area contributed by atoms with Gasteiger partial charge in [-0.1, -0.05) is 46.2 Å². The van der Waals surface area contributed by atoms with Crippen molar-refractivity contribution < 1.29 is 48.8 Å². The average Bonchev–Trinajstić information content (AvgIpc) is 3.31. The van der Waals surface area contributed by atoms with Gasteiger partial charge in [0.2, 0.25) is 6.10 Å². The molecule has 3 aliphatic rings. The number of aliphatic hydroxyl groups excluding tert-OH is 4. The molecule has 16 nitrogen and oxygen atoms in total. The van der Waals surface area contributed by atoms with Crippen LogP contribution in [0.1, 0.15) is 129 Å². The SMILES string of the molecule is [CH2+]C(OCC(O)CN1CCNCC1)C(C)(C)COC([CH+]C)CC(C)(C)OCC(O)CC(C)(C)N1CCN(CC(O)COC(C)(C)CC(CC)OCC(C)(C)C(Cl)OCC(O)CC(C)(C)N2CCNCC2)CC1. The molecule has 0 aromatic rings. The summed E-state index contributed by atoms with van der Waals surface area (Å²) in [5, 5.41) is 50.5. The number of nitrogens with one attached hydrogen (secondary N) is 2. The minimum Gasteiger partial charge on any atom is -0.391 e. The van der Waals surface area contributed by atoms with E-state index in [1.807, 2.05) is 54.9 Å². The van der Waals surface area contributed by atoms with Crippen LogP contribution in [0.5, 0.6) is 0 Å². The zero-order chi connectivity index (χ0) is 54.0. The van der Waals surface area contributed by atoms with Crippen LogP contribution >= 0.6 is 11.6 Å². The molecule has 0 aliphatic carbocycles. The first-order valence-corrected chi connectivity index (χ1v) is 28.0. The highest BCUT2D eigenvalue weighted by molar-refractivity contribution is 6.20. The first-order valence-electron chi connectivity index (χ1n) is 27.6. The van der Waals surface area contributed by atoms with Gasteiger partial charge >= 0.3 is 0 Å². The molecule has 0 radical (unpaired) electrons. The largest absolute Gasteiger partial charge is 0.391 e. The zero-order valence-electron chi connectivity index (χ0n) is 48.0. The normalized spacial score (nSPS) is 21.8. The molecule has 0 spiro atoms. The van der Waals surface area contributed by atoms with Gasteiger partial charge in [0.25, 0.3) is 0 Å². The van der Waals surface area contributed by atoms with E-state index in [2.05, 4.69) is 85.6 Å². The van der Waals surface area contributed by atoms with E-state index in [9.17, 15) is 20.4 Å². The Kier molecular flexibility index (Phi) is 27.8. The highest BCUT2D eigenvalue weighted by Crippen LogP contribution is 2.32. The molecule has 3 rings (SSSR count). The van der Waals surface area contributed by atoms with Crippen LogP contribution < -0.4 is 10.6 Å². The maximum atomic E-state index is 11.3. The van der Waals surface area contributed by atoms with E-state index >= 15 is 0 Å². The molecule has 424 valence electrons. The second-order valence-corrected chi connectivity index (χ2v) is 25.6. The third kappa shape index (κ3) is 24.4. The van der Waals surface area contributed by atoms with E-state index in [4.69, 9.17) is 40.0 Å². The van der Waals surface area contributed by atoms with Crippen molar-refractivity contribution in [1.82, 2.24) is 30.2 Å². The van der Waals surface area contributed by atoms with Crippen molar-refractivity contribution in [2.75, 3.05) is 131 Å². The maximum absolute atomic E-state index is 11.3. The third-order valence-electron chi connectivity index (χ3n) is 15.2. The molecule has 0 aromatic heterocycles. The maximum Gasteiger partial charge on any atom is 0.202 e. The molecule has 3 fully saturated rings. The molecule has 0 aromatic carbocycles. The van der Waals surface area contributed by atoms with Crippen LogP contribution in [0, 0.1) is 24.2 Å². The minimum atomic E-state index is -0.638. The Labute approximate surface area is 444 Å². The smallest absolute Gasteiger partial charge is 0.202 e. The molecule has 8 unspecified atom stereocenters. The topological polar surface area (TPSA) is 173 Å². The van der Waals surface area contributed by atoms with Crippen LogP contribution in [0.2, 0.25) is 0 Å². The van der Waals surface area contributed by atoms with Gasteiger partial charge in [0, 0.05) is 121 Å². The first kappa shape index (κ1) is 65.7. The lowest BCUT2D eigenvalue weighted by Gasteiger charge is -2.45. The summed E-state index contributed by atoms with van der Waals surface area (Å²) in [6.07, 6.45) is 2.27. The number of alkyl halides is 1. The first-order chi connectivity index (χ1) is 33.5. The summed E-state index contributed by atoms with van der Waals surface area (Å²) in [4.78, 5) is 9.39. The quantitative estimate of drug-likeness (QED) is 0.0372. The molecule has 0 bridgehead atoms. The van der Waals surface area contributed by atoms with Gasteiger partial charge in [0.15, 0.2) is 6.10 Å². The predicted molar refractivity (Wildman–Crippen MR) is 290 cm³/mol. The summed E-state index contributed by atoms with van der Waals surface area (Å²) < 4.78 is 37.6. The van der Waals surface area contributed by atoms with E-state index in [0.717, 1.165) is 85.0 Å². The Hall–Kier alpha value is -0.610. The van der Waals surface area contributed by atoms with E-state index < -0.39 is 46.6 Å². The third-order valence-corrected chi connectivity index (χ3v) is 15.9. The van der Waals surface area contributed by atoms with Crippen molar-refractivity contribution >= 4 is 11.6 Å². The summed E-state index contributed by atoms with van der Waals surface area (Å²) in [7, 11) is 0. The lowest BCUT2D eigenvalue weighted by atomic mass is 9.88. The molecule has 3 saturated heterocycles. The number of β-amino-alcohol motifs (C(OH)–C–C–N with tert-alkyl or cyclic N) is 2. The number of piperazine rings is 3.